The van der Waals surface area contributed by atoms with Crippen molar-refractivity contribution in [1.82, 2.24) is 4.98 Å². The Morgan fingerprint density at radius 2 is 2.04 bits per heavy atom. The lowest BCUT2D eigenvalue weighted by Gasteiger charge is -2.10. The fourth-order valence-corrected chi connectivity index (χ4v) is 2.73. The van der Waals surface area contributed by atoms with Gasteiger partial charge in [0.15, 0.2) is 0 Å². The molecular formula is C18H21NO5S. The van der Waals surface area contributed by atoms with E-state index in [4.69, 9.17) is 14.2 Å². The number of carbonyl (C=O) groups is 2. The Morgan fingerprint density at radius 3 is 2.76 bits per heavy atom. The van der Waals surface area contributed by atoms with Gasteiger partial charge >= 0.3 is 11.9 Å². The van der Waals surface area contributed by atoms with E-state index in [-0.39, 0.29) is 30.1 Å². The maximum absolute atomic E-state index is 12.0. The lowest BCUT2D eigenvalue weighted by Crippen LogP contribution is -2.10. The van der Waals surface area contributed by atoms with Crippen LogP contribution < -0.4 is 4.74 Å². The van der Waals surface area contributed by atoms with Crippen molar-refractivity contribution in [3.8, 4) is 5.75 Å². The van der Waals surface area contributed by atoms with E-state index < -0.39 is 5.97 Å². The monoisotopic (exact) mass is 363 g/mol. The summed E-state index contributed by atoms with van der Waals surface area (Å²) >= 11 is 1.17. The molecule has 1 aromatic heterocycles. The lowest BCUT2D eigenvalue weighted by atomic mass is 10.1. The van der Waals surface area contributed by atoms with Crippen LogP contribution in [0.3, 0.4) is 0 Å². The van der Waals surface area contributed by atoms with Gasteiger partial charge in [0, 0.05) is 5.38 Å². The third-order valence-electron chi connectivity index (χ3n) is 3.00. The number of hydrogen-bond donors (Lipinski definition) is 0. The number of ether oxygens (including phenoxy) is 3. The van der Waals surface area contributed by atoms with Crippen LogP contribution in [0.5, 0.6) is 5.75 Å². The molecule has 0 N–H and O–H groups in total. The van der Waals surface area contributed by atoms with E-state index in [1.807, 2.05) is 38.1 Å². The Balaban J connectivity index is 1.86. The zero-order valence-electron chi connectivity index (χ0n) is 14.5. The first-order valence-corrected chi connectivity index (χ1v) is 8.88. The van der Waals surface area contributed by atoms with E-state index in [9.17, 15) is 9.59 Å². The number of aromatic nitrogens is 1. The first-order chi connectivity index (χ1) is 12.0. The van der Waals surface area contributed by atoms with Crippen LogP contribution in [0, 0.1) is 0 Å². The van der Waals surface area contributed by atoms with Gasteiger partial charge < -0.3 is 14.2 Å². The summed E-state index contributed by atoms with van der Waals surface area (Å²) < 4.78 is 15.7. The maximum Gasteiger partial charge on any atom is 0.367 e. The molecule has 1 heterocycles. The van der Waals surface area contributed by atoms with Crippen LogP contribution >= 0.6 is 11.3 Å². The van der Waals surface area contributed by atoms with Gasteiger partial charge in [0.05, 0.1) is 24.8 Å². The molecule has 0 amide bonds. The molecule has 7 heteroatoms. The van der Waals surface area contributed by atoms with Crippen molar-refractivity contribution in [2.24, 2.45) is 0 Å². The molecule has 0 aliphatic carbocycles. The van der Waals surface area contributed by atoms with E-state index in [2.05, 4.69) is 4.98 Å². The fourth-order valence-electron chi connectivity index (χ4n) is 2.03. The normalized spacial score (nSPS) is 10.6. The Morgan fingerprint density at radius 1 is 1.24 bits per heavy atom. The molecule has 6 nitrogen and oxygen atoms in total. The minimum Gasteiger partial charge on any atom is -0.491 e. The smallest absolute Gasteiger partial charge is 0.367 e. The van der Waals surface area contributed by atoms with E-state index >= 15 is 0 Å². The molecule has 0 aliphatic heterocycles. The van der Waals surface area contributed by atoms with Crippen molar-refractivity contribution in [2.75, 3.05) is 6.61 Å². The van der Waals surface area contributed by atoms with E-state index in [0.717, 1.165) is 11.3 Å². The highest BCUT2D eigenvalue weighted by atomic mass is 32.1. The number of rotatable bonds is 8. The summed E-state index contributed by atoms with van der Waals surface area (Å²) in [5.74, 6) is -0.113. The molecule has 134 valence electrons. The van der Waals surface area contributed by atoms with Gasteiger partial charge in [-0.2, -0.15) is 0 Å². The molecule has 2 rings (SSSR count). The number of nitrogens with zero attached hydrogens (tertiary/aromatic N) is 1. The molecule has 0 bridgehead atoms. The average molecular weight is 363 g/mol. The quantitative estimate of drug-likeness (QED) is 0.669. The molecule has 2 aromatic rings. The predicted molar refractivity (Wildman–Crippen MR) is 93.8 cm³/mol. The number of thiazole rings is 1. The molecule has 1 aromatic carbocycles. The van der Waals surface area contributed by atoms with E-state index in [1.165, 1.54) is 11.3 Å². The number of carbonyl (C=O) groups excluding carboxylic acids is 2. The van der Waals surface area contributed by atoms with Crippen molar-refractivity contribution >= 4 is 23.3 Å². The first-order valence-electron chi connectivity index (χ1n) is 8.00. The van der Waals surface area contributed by atoms with E-state index in [0.29, 0.717) is 12.3 Å². The largest absolute Gasteiger partial charge is 0.491 e. The number of hydrogen-bond acceptors (Lipinski definition) is 7. The molecule has 0 saturated heterocycles. The van der Waals surface area contributed by atoms with Crippen LogP contribution in [0.15, 0.2) is 29.6 Å². The van der Waals surface area contributed by atoms with Gasteiger partial charge in [0.25, 0.3) is 0 Å². The summed E-state index contributed by atoms with van der Waals surface area (Å²) in [5.41, 5.74) is 1.34. The van der Waals surface area contributed by atoms with Crippen LogP contribution in [0.1, 0.15) is 41.8 Å². The SMILES string of the molecule is CCOC(=O)c1nc(COC(=O)Cc2cccc(OC(C)C)c2)cs1. The summed E-state index contributed by atoms with van der Waals surface area (Å²) in [6.45, 7) is 5.94. The Hall–Kier alpha value is -2.41. The van der Waals surface area contributed by atoms with Gasteiger partial charge in [-0.05, 0) is 38.5 Å². The second kappa shape index (κ2) is 9.17. The van der Waals surface area contributed by atoms with Crippen LogP contribution in [0.4, 0.5) is 0 Å². The maximum atomic E-state index is 12.0. The van der Waals surface area contributed by atoms with Gasteiger partial charge in [-0.25, -0.2) is 9.78 Å². The van der Waals surface area contributed by atoms with Crippen molar-refractivity contribution < 1.29 is 23.8 Å². The Bertz CT molecular complexity index is 726. The molecule has 0 fully saturated rings. The highest BCUT2D eigenvalue weighted by Gasteiger charge is 2.13. The van der Waals surface area contributed by atoms with Crippen LogP contribution in [0.2, 0.25) is 0 Å². The predicted octanol–water partition coefficient (Wildman–Crippen LogP) is 3.39. The van der Waals surface area contributed by atoms with Crippen LogP contribution in [0.25, 0.3) is 0 Å². The minimum atomic E-state index is -0.466. The highest BCUT2D eigenvalue weighted by Crippen LogP contribution is 2.16. The van der Waals surface area contributed by atoms with Crippen molar-refractivity contribution in [3.05, 3.63) is 45.9 Å². The molecule has 0 spiro atoms. The van der Waals surface area contributed by atoms with Crippen molar-refractivity contribution in [1.29, 1.82) is 0 Å². The summed E-state index contributed by atoms with van der Waals surface area (Å²) in [4.78, 5) is 27.6. The van der Waals surface area contributed by atoms with Crippen LogP contribution in [-0.2, 0) is 27.3 Å². The average Bonchev–Trinajstić information content (AvgIpc) is 3.02. The second-order valence-electron chi connectivity index (χ2n) is 5.52. The zero-order chi connectivity index (χ0) is 18.2. The van der Waals surface area contributed by atoms with Gasteiger partial charge in [-0.3, -0.25) is 4.79 Å². The molecule has 0 atom stereocenters. The second-order valence-corrected chi connectivity index (χ2v) is 6.37. The molecule has 0 unspecified atom stereocenters. The van der Waals surface area contributed by atoms with Crippen LogP contribution in [-0.4, -0.2) is 29.6 Å². The third-order valence-corrected chi connectivity index (χ3v) is 3.87. The first kappa shape index (κ1) is 18.9. The van der Waals surface area contributed by atoms with Gasteiger partial charge in [-0.1, -0.05) is 12.1 Å². The standard InChI is InChI=1S/C18H21NO5S/c1-4-22-18(21)17-19-14(11-25-17)10-23-16(20)9-13-6-5-7-15(8-13)24-12(2)3/h5-8,11-12H,4,9-10H2,1-3H3. The molecule has 0 saturated carbocycles. The summed E-state index contributed by atoms with van der Waals surface area (Å²) in [7, 11) is 0. The summed E-state index contributed by atoms with van der Waals surface area (Å²) in [5, 5.41) is 1.93. The number of esters is 2. The molecule has 0 radical (unpaired) electrons. The lowest BCUT2D eigenvalue weighted by molar-refractivity contribution is -0.144. The zero-order valence-corrected chi connectivity index (χ0v) is 15.3. The summed E-state index contributed by atoms with van der Waals surface area (Å²) in [6, 6.07) is 7.35. The van der Waals surface area contributed by atoms with Gasteiger partial charge in [-0.15, -0.1) is 11.3 Å². The van der Waals surface area contributed by atoms with E-state index in [1.54, 1.807) is 12.3 Å². The molecule has 0 aliphatic rings. The van der Waals surface area contributed by atoms with Crippen molar-refractivity contribution in [2.45, 2.75) is 39.9 Å². The van der Waals surface area contributed by atoms with Gasteiger partial charge in [0.1, 0.15) is 12.4 Å². The van der Waals surface area contributed by atoms with Gasteiger partial charge in [0.2, 0.25) is 5.01 Å². The Labute approximate surface area is 150 Å². The highest BCUT2D eigenvalue weighted by molar-refractivity contribution is 7.11. The topological polar surface area (TPSA) is 74.7 Å². The fraction of sp³-hybridized carbons (Fsp3) is 0.389. The minimum absolute atomic E-state index is 0.0247. The molecular weight excluding hydrogens is 342 g/mol. The number of benzene rings is 1. The summed E-state index contributed by atoms with van der Waals surface area (Å²) in [6.07, 6.45) is 0.213. The van der Waals surface area contributed by atoms with Crippen molar-refractivity contribution in [3.63, 3.8) is 0 Å². The third kappa shape index (κ3) is 6.19. The Kier molecular flexibility index (Phi) is 6.94. The molecule has 25 heavy (non-hydrogen) atoms.